The van der Waals surface area contributed by atoms with Crippen molar-refractivity contribution >= 4 is 17.6 Å². The van der Waals surface area contributed by atoms with Crippen LogP contribution in [0.5, 0.6) is 0 Å². The number of rotatable bonds is 5. The van der Waals surface area contributed by atoms with Gasteiger partial charge < -0.3 is 24.8 Å². The first kappa shape index (κ1) is 20.4. The first-order valence-electron chi connectivity index (χ1n) is 10.8. The number of nitrogens with zero attached hydrogens (tertiary/aromatic N) is 6. The molecule has 160 valence electrons. The smallest absolute Gasteiger partial charge is 0.194 e. The van der Waals surface area contributed by atoms with Crippen LogP contribution in [0.2, 0.25) is 0 Å². The van der Waals surface area contributed by atoms with Gasteiger partial charge in [-0.3, -0.25) is 0 Å². The fourth-order valence-corrected chi connectivity index (χ4v) is 3.89. The van der Waals surface area contributed by atoms with E-state index in [0.29, 0.717) is 6.54 Å². The monoisotopic (exact) mass is 409 g/mol. The lowest BCUT2D eigenvalue weighted by Crippen LogP contribution is -2.52. The Balaban J connectivity index is 1.42. The third-order valence-electron chi connectivity index (χ3n) is 5.46. The van der Waals surface area contributed by atoms with Crippen molar-refractivity contribution in [1.82, 2.24) is 20.2 Å². The van der Waals surface area contributed by atoms with E-state index >= 15 is 0 Å². The largest absolute Gasteiger partial charge is 0.378 e. The molecule has 0 aliphatic carbocycles. The van der Waals surface area contributed by atoms with Crippen LogP contribution in [-0.2, 0) is 11.3 Å². The van der Waals surface area contributed by atoms with Crippen LogP contribution in [0.25, 0.3) is 0 Å². The number of morpholine rings is 1. The molecule has 2 aliphatic rings. The Labute approximate surface area is 178 Å². The molecule has 2 aromatic rings. The summed E-state index contributed by atoms with van der Waals surface area (Å²) in [5.74, 6) is 3.04. The van der Waals surface area contributed by atoms with Crippen LogP contribution in [0, 0.1) is 0 Å². The number of piperazine rings is 1. The Bertz CT molecular complexity index is 815. The van der Waals surface area contributed by atoms with E-state index in [1.54, 1.807) is 0 Å². The highest BCUT2D eigenvalue weighted by Crippen LogP contribution is 2.19. The number of aliphatic imine (C=N–C) groups is 1. The van der Waals surface area contributed by atoms with E-state index in [9.17, 15) is 0 Å². The van der Waals surface area contributed by atoms with Gasteiger partial charge in [-0.25, -0.2) is 15.0 Å². The molecule has 30 heavy (non-hydrogen) atoms. The van der Waals surface area contributed by atoms with Gasteiger partial charge >= 0.3 is 0 Å². The molecule has 8 heteroatoms. The van der Waals surface area contributed by atoms with E-state index in [-0.39, 0.29) is 0 Å². The Hall–Kier alpha value is -2.87. The van der Waals surface area contributed by atoms with Crippen molar-refractivity contribution in [2.45, 2.75) is 13.5 Å². The second-order valence-corrected chi connectivity index (χ2v) is 7.42. The zero-order valence-corrected chi connectivity index (χ0v) is 17.7. The number of hydrogen-bond acceptors (Lipinski definition) is 6. The summed E-state index contributed by atoms with van der Waals surface area (Å²) in [6.07, 6.45) is 3.72. The van der Waals surface area contributed by atoms with E-state index < -0.39 is 0 Å². The summed E-state index contributed by atoms with van der Waals surface area (Å²) in [6.45, 7) is 10.6. The molecule has 0 saturated carbocycles. The lowest BCUT2D eigenvalue weighted by Gasteiger charge is -2.37. The molecule has 0 amide bonds. The third kappa shape index (κ3) is 4.99. The summed E-state index contributed by atoms with van der Waals surface area (Å²) in [4.78, 5) is 21.0. The first-order valence-corrected chi connectivity index (χ1v) is 10.8. The van der Waals surface area contributed by atoms with Crippen LogP contribution >= 0.6 is 0 Å². The van der Waals surface area contributed by atoms with E-state index in [4.69, 9.17) is 9.73 Å². The number of nitrogens with one attached hydrogen (secondary N) is 1. The predicted molar refractivity (Wildman–Crippen MR) is 120 cm³/mol. The standard InChI is InChI=1S/C22H31N7O/c1-2-23-22(29-12-10-27(11-13-29)20-7-3-4-8-24-20)26-18-19-6-5-9-25-21(19)28-14-16-30-17-15-28/h3-9H,2,10-18H2,1H3,(H,23,26). The van der Waals surface area contributed by atoms with Crippen LogP contribution in [0.4, 0.5) is 11.6 Å². The second-order valence-electron chi connectivity index (χ2n) is 7.42. The molecule has 0 radical (unpaired) electrons. The van der Waals surface area contributed by atoms with Crippen molar-refractivity contribution in [3.8, 4) is 0 Å². The minimum absolute atomic E-state index is 0.614. The van der Waals surface area contributed by atoms with Crippen LogP contribution in [0.3, 0.4) is 0 Å². The van der Waals surface area contributed by atoms with Crippen molar-refractivity contribution < 1.29 is 4.74 Å². The fourth-order valence-electron chi connectivity index (χ4n) is 3.89. The lowest BCUT2D eigenvalue weighted by atomic mass is 10.2. The zero-order valence-electron chi connectivity index (χ0n) is 17.7. The van der Waals surface area contributed by atoms with Crippen molar-refractivity contribution in [2.24, 2.45) is 4.99 Å². The van der Waals surface area contributed by atoms with Crippen LogP contribution < -0.4 is 15.1 Å². The summed E-state index contributed by atoms with van der Waals surface area (Å²) in [7, 11) is 0. The molecular formula is C22H31N7O. The Morgan fingerprint density at radius 3 is 2.50 bits per heavy atom. The number of guanidine groups is 1. The van der Waals surface area contributed by atoms with Crippen molar-refractivity contribution in [1.29, 1.82) is 0 Å². The van der Waals surface area contributed by atoms with Gasteiger partial charge in [0.1, 0.15) is 11.6 Å². The summed E-state index contributed by atoms with van der Waals surface area (Å²) in [6, 6.07) is 10.2. The molecule has 0 aromatic carbocycles. The molecule has 0 bridgehead atoms. The third-order valence-corrected chi connectivity index (χ3v) is 5.46. The van der Waals surface area contributed by atoms with Gasteiger partial charge in [0.05, 0.1) is 19.8 Å². The van der Waals surface area contributed by atoms with Gasteiger partial charge in [-0.05, 0) is 25.1 Å². The van der Waals surface area contributed by atoms with Gasteiger partial charge in [0.2, 0.25) is 0 Å². The number of ether oxygens (including phenoxy) is 1. The quantitative estimate of drug-likeness (QED) is 0.594. The summed E-state index contributed by atoms with van der Waals surface area (Å²) < 4.78 is 5.49. The highest BCUT2D eigenvalue weighted by Gasteiger charge is 2.21. The van der Waals surface area contributed by atoms with Crippen molar-refractivity contribution in [3.05, 3.63) is 48.3 Å². The Morgan fingerprint density at radius 1 is 0.967 bits per heavy atom. The van der Waals surface area contributed by atoms with Crippen LogP contribution in [-0.4, -0.2) is 79.9 Å². The molecule has 8 nitrogen and oxygen atoms in total. The van der Waals surface area contributed by atoms with Gasteiger partial charge in [-0.1, -0.05) is 12.1 Å². The van der Waals surface area contributed by atoms with Crippen molar-refractivity contribution in [2.75, 3.05) is 68.8 Å². The molecule has 0 unspecified atom stereocenters. The summed E-state index contributed by atoms with van der Waals surface area (Å²) in [5.41, 5.74) is 1.15. The van der Waals surface area contributed by atoms with Gasteiger partial charge in [0.15, 0.2) is 5.96 Å². The highest BCUT2D eigenvalue weighted by molar-refractivity contribution is 5.80. The number of aromatic nitrogens is 2. The maximum atomic E-state index is 5.49. The molecule has 0 atom stereocenters. The predicted octanol–water partition coefficient (Wildman–Crippen LogP) is 1.60. The normalized spacial score (nSPS) is 17.9. The Kier molecular flexibility index (Phi) is 6.97. The second kappa shape index (κ2) is 10.2. The van der Waals surface area contributed by atoms with Gasteiger partial charge in [-0.2, -0.15) is 0 Å². The zero-order chi connectivity index (χ0) is 20.6. The molecule has 4 rings (SSSR count). The van der Waals surface area contributed by atoms with Crippen LogP contribution in [0.1, 0.15) is 12.5 Å². The van der Waals surface area contributed by atoms with Crippen molar-refractivity contribution in [3.63, 3.8) is 0 Å². The summed E-state index contributed by atoms with van der Waals surface area (Å²) >= 11 is 0. The molecular weight excluding hydrogens is 378 g/mol. The van der Waals surface area contributed by atoms with Gasteiger partial charge in [0.25, 0.3) is 0 Å². The topological polar surface area (TPSA) is 69.1 Å². The van der Waals surface area contributed by atoms with Crippen LogP contribution in [0.15, 0.2) is 47.7 Å². The SMILES string of the molecule is CCNC(=NCc1cccnc1N1CCOCC1)N1CCN(c2ccccn2)CC1. The maximum absolute atomic E-state index is 5.49. The van der Waals surface area contributed by atoms with Gasteiger partial charge in [0, 0.05) is 63.8 Å². The average Bonchev–Trinajstić information content (AvgIpc) is 2.83. The molecule has 2 aromatic heterocycles. The molecule has 4 heterocycles. The van der Waals surface area contributed by atoms with Gasteiger partial charge in [-0.15, -0.1) is 0 Å². The number of pyridine rings is 2. The Morgan fingerprint density at radius 2 is 1.77 bits per heavy atom. The fraction of sp³-hybridized carbons (Fsp3) is 0.500. The average molecular weight is 410 g/mol. The molecule has 2 aliphatic heterocycles. The van der Waals surface area contributed by atoms with E-state index in [1.165, 1.54) is 0 Å². The molecule has 2 saturated heterocycles. The number of anilines is 2. The molecule has 2 fully saturated rings. The minimum atomic E-state index is 0.614. The van der Waals surface area contributed by atoms with E-state index in [1.807, 2.05) is 30.6 Å². The molecule has 1 N–H and O–H groups in total. The highest BCUT2D eigenvalue weighted by atomic mass is 16.5. The van der Waals surface area contributed by atoms with E-state index in [2.05, 4.69) is 49.0 Å². The van der Waals surface area contributed by atoms with E-state index in [0.717, 1.165) is 82.2 Å². The maximum Gasteiger partial charge on any atom is 0.194 e. The first-order chi connectivity index (χ1) is 14.8. The summed E-state index contributed by atoms with van der Waals surface area (Å²) in [5, 5.41) is 3.46. The lowest BCUT2D eigenvalue weighted by molar-refractivity contribution is 0.122. The minimum Gasteiger partial charge on any atom is -0.378 e. The number of hydrogen-bond donors (Lipinski definition) is 1. The molecule has 0 spiro atoms.